The van der Waals surface area contributed by atoms with E-state index in [9.17, 15) is 4.79 Å². The first-order valence-electron chi connectivity index (χ1n) is 4.81. The number of hydrogen-bond acceptors (Lipinski definition) is 2. The van der Waals surface area contributed by atoms with E-state index in [0.29, 0.717) is 0 Å². The zero-order chi connectivity index (χ0) is 11.5. The van der Waals surface area contributed by atoms with Gasteiger partial charge in [0.25, 0.3) is 0 Å². The molecule has 0 radical (unpaired) electrons. The Morgan fingerprint density at radius 2 is 1.69 bits per heavy atom. The fourth-order valence-corrected chi connectivity index (χ4v) is 1.22. The van der Waals surface area contributed by atoms with E-state index in [1.54, 1.807) is 0 Å². The zero-order valence-electron chi connectivity index (χ0n) is 9.70. The number of nitrogens with one attached hydrogen (secondary N) is 2. The lowest BCUT2D eigenvalue weighted by molar-refractivity contribution is 0.252. The molecule has 0 fully saturated rings. The highest BCUT2D eigenvalue weighted by Gasteiger charge is 2.12. The predicted octanol–water partition coefficient (Wildman–Crippen LogP) is 2.40. The molecular formula is C11H18ClN3O. The molecule has 0 spiro atoms. The van der Waals surface area contributed by atoms with Gasteiger partial charge in [-0.1, -0.05) is 32.9 Å². The summed E-state index contributed by atoms with van der Waals surface area (Å²) in [4.78, 5) is 10.9. The molecule has 0 aliphatic heterocycles. The number of hydrogen-bond donors (Lipinski definition) is 3. The second-order valence-electron chi connectivity index (χ2n) is 4.43. The molecule has 0 unspecified atom stereocenters. The van der Waals surface area contributed by atoms with Crippen LogP contribution < -0.4 is 16.6 Å². The Labute approximate surface area is 102 Å². The summed E-state index contributed by atoms with van der Waals surface area (Å²) in [6, 6.07) is 7.28. The molecule has 0 aromatic heterocycles. The summed E-state index contributed by atoms with van der Waals surface area (Å²) < 4.78 is 0. The number of hydrazine groups is 1. The molecule has 0 aliphatic carbocycles. The largest absolute Gasteiger partial charge is 0.333 e. The number of anilines is 1. The Bertz CT molecular complexity index is 343. The summed E-state index contributed by atoms with van der Waals surface area (Å²) in [6.45, 7) is 6.42. The lowest BCUT2D eigenvalue weighted by Crippen LogP contribution is -2.34. The van der Waals surface area contributed by atoms with Gasteiger partial charge in [0.05, 0.1) is 0 Å². The third-order valence-corrected chi connectivity index (χ3v) is 2.14. The van der Waals surface area contributed by atoms with Gasteiger partial charge in [0.2, 0.25) is 0 Å². The molecular weight excluding hydrogens is 226 g/mol. The number of nitrogens with two attached hydrogens (primary N) is 1. The lowest BCUT2D eigenvalue weighted by atomic mass is 9.87. The van der Waals surface area contributed by atoms with Crippen LogP contribution in [-0.4, -0.2) is 6.03 Å². The standard InChI is InChI=1S/C11H17N3O.ClH/c1-11(2,3)8-4-6-9(7-5-8)13-10(15)14-12;/h4-7H,12H2,1-3H3,(H2,13,14,15);1H. The van der Waals surface area contributed by atoms with Gasteiger partial charge in [-0.15, -0.1) is 12.4 Å². The van der Waals surface area contributed by atoms with Crippen molar-refractivity contribution in [1.29, 1.82) is 0 Å². The molecule has 2 amide bonds. The molecule has 5 heteroatoms. The molecule has 0 bridgehead atoms. The van der Waals surface area contributed by atoms with Crippen LogP contribution in [0, 0.1) is 0 Å². The van der Waals surface area contributed by atoms with Gasteiger partial charge < -0.3 is 5.32 Å². The number of benzene rings is 1. The fraction of sp³-hybridized carbons (Fsp3) is 0.364. The summed E-state index contributed by atoms with van der Waals surface area (Å²) in [7, 11) is 0. The van der Waals surface area contributed by atoms with E-state index < -0.39 is 6.03 Å². The highest BCUT2D eigenvalue weighted by molar-refractivity contribution is 5.88. The summed E-state index contributed by atoms with van der Waals surface area (Å²) >= 11 is 0. The van der Waals surface area contributed by atoms with Crippen LogP contribution in [0.25, 0.3) is 0 Å². The minimum atomic E-state index is -0.418. The monoisotopic (exact) mass is 243 g/mol. The number of halogens is 1. The summed E-state index contributed by atoms with van der Waals surface area (Å²) in [5.41, 5.74) is 4.08. The van der Waals surface area contributed by atoms with E-state index in [-0.39, 0.29) is 17.8 Å². The van der Waals surface area contributed by atoms with E-state index in [2.05, 4.69) is 26.1 Å². The number of rotatable bonds is 1. The number of amides is 2. The van der Waals surface area contributed by atoms with Crippen LogP contribution in [0.5, 0.6) is 0 Å². The van der Waals surface area contributed by atoms with Crippen molar-refractivity contribution in [2.45, 2.75) is 26.2 Å². The molecule has 0 heterocycles. The Balaban J connectivity index is 0.00000225. The van der Waals surface area contributed by atoms with Gasteiger partial charge in [-0.3, -0.25) is 5.43 Å². The summed E-state index contributed by atoms with van der Waals surface area (Å²) in [5, 5.41) is 2.60. The zero-order valence-corrected chi connectivity index (χ0v) is 10.5. The average Bonchev–Trinajstić information content (AvgIpc) is 2.17. The van der Waals surface area contributed by atoms with Gasteiger partial charge in [0, 0.05) is 5.69 Å². The van der Waals surface area contributed by atoms with Crippen LogP contribution in [0.3, 0.4) is 0 Å². The summed E-state index contributed by atoms with van der Waals surface area (Å²) in [6.07, 6.45) is 0. The molecule has 1 aromatic carbocycles. The van der Waals surface area contributed by atoms with Crippen molar-refractivity contribution < 1.29 is 4.79 Å². The van der Waals surface area contributed by atoms with Crippen molar-refractivity contribution in [1.82, 2.24) is 5.43 Å². The molecule has 90 valence electrons. The van der Waals surface area contributed by atoms with Crippen molar-refractivity contribution in [2.75, 3.05) is 5.32 Å². The third kappa shape index (κ3) is 4.08. The van der Waals surface area contributed by atoms with Crippen LogP contribution >= 0.6 is 12.4 Å². The smallest absolute Gasteiger partial charge is 0.307 e. The van der Waals surface area contributed by atoms with Crippen molar-refractivity contribution in [3.63, 3.8) is 0 Å². The number of urea groups is 1. The number of carbonyl (C=O) groups is 1. The molecule has 0 atom stereocenters. The quantitative estimate of drug-likeness (QED) is 0.403. The van der Waals surface area contributed by atoms with Crippen LogP contribution in [0.2, 0.25) is 0 Å². The molecule has 0 saturated carbocycles. The number of carbonyl (C=O) groups excluding carboxylic acids is 1. The molecule has 16 heavy (non-hydrogen) atoms. The highest BCUT2D eigenvalue weighted by Crippen LogP contribution is 2.23. The van der Waals surface area contributed by atoms with Gasteiger partial charge in [-0.05, 0) is 23.1 Å². The maximum Gasteiger partial charge on any atom is 0.333 e. The SMILES string of the molecule is CC(C)(C)c1ccc(NC(=O)NN)cc1.Cl. The maximum atomic E-state index is 10.9. The Kier molecular flexibility index (Phi) is 5.27. The van der Waals surface area contributed by atoms with Gasteiger partial charge in [-0.25, -0.2) is 10.6 Å². The van der Waals surface area contributed by atoms with E-state index in [1.807, 2.05) is 29.7 Å². The van der Waals surface area contributed by atoms with Crippen molar-refractivity contribution in [3.05, 3.63) is 29.8 Å². The van der Waals surface area contributed by atoms with Crippen LogP contribution in [0.1, 0.15) is 26.3 Å². The minimum Gasteiger partial charge on any atom is -0.307 e. The second kappa shape index (κ2) is 5.72. The first kappa shape index (κ1) is 14.7. The first-order chi connectivity index (χ1) is 6.93. The third-order valence-electron chi connectivity index (χ3n) is 2.14. The Hall–Kier alpha value is -1.26. The van der Waals surface area contributed by atoms with Crippen LogP contribution in [0.15, 0.2) is 24.3 Å². The predicted molar refractivity (Wildman–Crippen MR) is 68.7 cm³/mol. The topological polar surface area (TPSA) is 67.2 Å². The molecule has 4 N–H and O–H groups in total. The average molecular weight is 244 g/mol. The normalized spacial score (nSPS) is 10.2. The first-order valence-corrected chi connectivity index (χ1v) is 4.81. The van der Waals surface area contributed by atoms with Crippen molar-refractivity contribution in [2.24, 2.45) is 5.84 Å². The molecule has 0 saturated heterocycles. The lowest BCUT2D eigenvalue weighted by Gasteiger charge is -2.19. The van der Waals surface area contributed by atoms with Gasteiger partial charge in [0.15, 0.2) is 0 Å². The van der Waals surface area contributed by atoms with E-state index >= 15 is 0 Å². The summed E-state index contributed by atoms with van der Waals surface area (Å²) in [5.74, 6) is 4.96. The molecule has 4 nitrogen and oxygen atoms in total. The fourth-order valence-electron chi connectivity index (χ4n) is 1.22. The Morgan fingerprint density at radius 1 is 1.19 bits per heavy atom. The second-order valence-corrected chi connectivity index (χ2v) is 4.43. The van der Waals surface area contributed by atoms with Crippen molar-refractivity contribution in [3.8, 4) is 0 Å². The van der Waals surface area contributed by atoms with E-state index in [0.717, 1.165) is 5.69 Å². The molecule has 0 aliphatic rings. The highest BCUT2D eigenvalue weighted by atomic mass is 35.5. The molecule has 1 rings (SSSR count). The Morgan fingerprint density at radius 3 is 2.06 bits per heavy atom. The van der Waals surface area contributed by atoms with Gasteiger partial charge in [0.1, 0.15) is 0 Å². The van der Waals surface area contributed by atoms with Gasteiger partial charge >= 0.3 is 6.03 Å². The van der Waals surface area contributed by atoms with Crippen LogP contribution in [-0.2, 0) is 5.41 Å². The van der Waals surface area contributed by atoms with E-state index in [1.165, 1.54) is 5.56 Å². The maximum absolute atomic E-state index is 10.9. The van der Waals surface area contributed by atoms with E-state index in [4.69, 9.17) is 5.84 Å². The molecule has 1 aromatic rings. The van der Waals surface area contributed by atoms with Gasteiger partial charge in [-0.2, -0.15) is 0 Å². The van der Waals surface area contributed by atoms with Crippen molar-refractivity contribution >= 4 is 24.1 Å². The van der Waals surface area contributed by atoms with Crippen LogP contribution in [0.4, 0.5) is 10.5 Å². The minimum absolute atomic E-state index is 0.